The van der Waals surface area contributed by atoms with Gasteiger partial charge in [-0.05, 0) is 54.4 Å². The highest BCUT2D eigenvalue weighted by Crippen LogP contribution is 2.29. The topological polar surface area (TPSA) is 0 Å². The molecule has 17 heavy (non-hydrogen) atoms. The molecule has 0 heterocycles. The van der Waals surface area contributed by atoms with Gasteiger partial charge in [-0.3, -0.25) is 0 Å². The molecule has 0 fully saturated rings. The van der Waals surface area contributed by atoms with Crippen molar-refractivity contribution in [1.29, 1.82) is 0 Å². The second-order valence-electron chi connectivity index (χ2n) is 5.50. The van der Waals surface area contributed by atoms with Crippen molar-refractivity contribution < 1.29 is 0 Å². The van der Waals surface area contributed by atoms with Crippen molar-refractivity contribution >= 4 is 6.08 Å². The summed E-state index contributed by atoms with van der Waals surface area (Å²) in [6.07, 6.45) is 17.0. The summed E-state index contributed by atoms with van der Waals surface area (Å²) in [6, 6.07) is 4.77. The Morgan fingerprint density at radius 2 is 1.41 bits per heavy atom. The maximum Gasteiger partial charge on any atom is -0.00881 e. The van der Waals surface area contributed by atoms with Crippen molar-refractivity contribution in [2.24, 2.45) is 0 Å². The van der Waals surface area contributed by atoms with E-state index in [1.165, 1.54) is 51.4 Å². The lowest BCUT2D eigenvalue weighted by Gasteiger charge is -2.16. The van der Waals surface area contributed by atoms with Crippen LogP contribution in [-0.2, 0) is 19.3 Å². The van der Waals surface area contributed by atoms with E-state index in [-0.39, 0.29) is 0 Å². The zero-order valence-corrected chi connectivity index (χ0v) is 10.7. The Kier molecular flexibility index (Phi) is 3.31. The first-order valence-electron chi connectivity index (χ1n) is 7.25. The number of fused-ring (bicyclic) bond motifs is 3. The quantitative estimate of drug-likeness (QED) is 0.601. The normalized spacial score (nSPS) is 19.8. The average molecular weight is 226 g/mol. The molecule has 2 aliphatic rings. The van der Waals surface area contributed by atoms with Gasteiger partial charge in [0.05, 0.1) is 0 Å². The Balaban J connectivity index is 1.94. The lowest BCUT2D eigenvalue weighted by molar-refractivity contribution is 0.580. The molecule has 0 aromatic heterocycles. The fourth-order valence-electron chi connectivity index (χ4n) is 3.30. The Labute approximate surface area is 105 Å². The van der Waals surface area contributed by atoms with Gasteiger partial charge in [-0.25, -0.2) is 0 Å². The fraction of sp³-hybridized carbons (Fsp3) is 0.529. The predicted molar refractivity (Wildman–Crippen MR) is 74.3 cm³/mol. The van der Waals surface area contributed by atoms with Gasteiger partial charge in [0.25, 0.3) is 0 Å². The molecule has 0 saturated heterocycles. The van der Waals surface area contributed by atoms with Crippen LogP contribution in [0.4, 0.5) is 0 Å². The summed E-state index contributed by atoms with van der Waals surface area (Å²) in [4.78, 5) is 0. The van der Waals surface area contributed by atoms with Crippen LogP contribution in [0.15, 0.2) is 18.2 Å². The van der Waals surface area contributed by atoms with E-state index < -0.39 is 0 Å². The zero-order chi connectivity index (χ0) is 11.5. The highest BCUT2D eigenvalue weighted by molar-refractivity contribution is 5.65. The van der Waals surface area contributed by atoms with E-state index in [2.05, 4.69) is 24.3 Å². The van der Waals surface area contributed by atoms with Crippen LogP contribution in [0, 0.1) is 0 Å². The van der Waals surface area contributed by atoms with Crippen molar-refractivity contribution in [1.82, 2.24) is 0 Å². The van der Waals surface area contributed by atoms with Gasteiger partial charge in [0.15, 0.2) is 0 Å². The number of rotatable bonds is 0. The molecular formula is C17H22. The van der Waals surface area contributed by atoms with Crippen molar-refractivity contribution in [3.8, 4) is 0 Å². The van der Waals surface area contributed by atoms with E-state index in [0.29, 0.717) is 0 Å². The van der Waals surface area contributed by atoms with E-state index in [1.807, 2.05) is 0 Å². The van der Waals surface area contributed by atoms with Gasteiger partial charge < -0.3 is 0 Å². The second kappa shape index (κ2) is 5.08. The summed E-state index contributed by atoms with van der Waals surface area (Å²) in [5, 5.41) is 0. The minimum absolute atomic E-state index is 1.16. The van der Waals surface area contributed by atoms with Crippen LogP contribution in [0.5, 0.6) is 0 Å². The standard InChI is InChI=1S/C17H22/c1-2-4-6-10-16-14(8-5-3-1)12-13-15-9-7-11-17(15)16/h7,11-13H,1-6,8-10H2. The van der Waals surface area contributed by atoms with Gasteiger partial charge >= 0.3 is 0 Å². The third-order valence-electron chi connectivity index (χ3n) is 4.29. The van der Waals surface area contributed by atoms with E-state index in [9.17, 15) is 0 Å². The molecule has 0 unspecified atom stereocenters. The number of aryl methyl sites for hydroxylation is 1. The number of hydrogen-bond donors (Lipinski definition) is 0. The Morgan fingerprint density at radius 1 is 0.706 bits per heavy atom. The van der Waals surface area contributed by atoms with Crippen LogP contribution in [0.25, 0.3) is 6.08 Å². The molecule has 0 aliphatic heterocycles. The van der Waals surface area contributed by atoms with Gasteiger partial charge in [0.1, 0.15) is 0 Å². The molecule has 90 valence electrons. The smallest absolute Gasteiger partial charge is 0.00881 e. The number of benzene rings is 1. The molecule has 1 aromatic carbocycles. The molecule has 0 saturated carbocycles. The SMILES string of the molecule is C1=Cc2c(ccc3c2CCCCCCCC3)C1. The largest absolute Gasteiger partial charge is 0.0795 e. The van der Waals surface area contributed by atoms with Gasteiger partial charge in [-0.15, -0.1) is 0 Å². The van der Waals surface area contributed by atoms with E-state index in [1.54, 1.807) is 22.3 Å². The van der Waals surface area contributed by atoms with Gasteiger partial charge in [0.2, 0.25) is 0 Å². The molecule has 0 amide bonds. The van der Waals surface area contributed by atoms with Crippen LogP contribution < -0.4 is 0 Å². The molecule has 0 atom stereocenters. The molecule has 3 rings (SSSR count). The summed E-state index contributed by atoms with van der Waals surface area (Å²) in [5.41, 5.74) is 6.44. The molecule has 0 spiro atoms. The van der Waals surface area contributed by atoms with Gasteiger partial charge in [0, 0.05) is 0 Å². The van der Waals surface area contributed by atoms with Crippen molar-refractivity contribution in [2.75, 3.05) is 0 Å². The molecule has 1 aromatic rings. The summed E-state index contributed by atoms with van der Waals surface area (Å²) in [6.45, 7) is 0. The molecular weight excluding hydrogens is 204 g/mol. The zero-order valence-electron chi connectivity index (χ0n) is 10.7. The summed E-state index contributed by atoms with van der Waals surface area (Å²) < 4.78 is 0. The van der Waals surface area contributed by atoms with E-state index in [0.717, 1.165) is 6.42 Å². The Bertz CT molecular complexity index is 426. The molecule has 2 aliphatic carbocycles. The highest BCUT2D eigenvalue weighted by Gasteiger charge is 2.14. The Morgan fingerprint density at radius 3 is 2.29 bits per heavy atom. The molecule has 0 heteroatoms. The first kappa shape index (κ1) is 11.1. The lowest BCUT2D eigenvalue weighted by Crippen LogP contribution is -2.01. The molecule has 0 radical (unpaired) electrons. The minimum Gasteiger partial charge on any atom is -0.0795 e. The van der Waals surface area contributed by atoms with Crippen LogP contribution in [-0.4, -0.2) is 0 Å². The third-order valence-corrected chi connectivity index (χ3v) is 4.29. The van der Waals surface area contributed by atoms with Crippen LogP contribution >= 0.6 is 0 Å². The van der Waals surface area contributed by atoms with Crippen LogP contribution in [0.1, 0.15) is 60.8 Å². The molecule has 0 N–H and O–H groups in total. The number of allylic oxidation sites excluding steroid dienone is 1. The second-order valence-corrected chi connectivity index (χ2v) is 5.50. The monoisotopic (exact) mass is 226 g/mol. The minimum atomic E-state index is 1.16. The maximum atomic E-state index is 2.41. The van der Waals surface area contributed by atoms with E-state index in [4.69, 9.17) is 0 Å². The van der Waals surface area contributed by atoms with Crippen molar-refractivity contribution in [3.63, 3.8) is 0 Å². The first-order chi connectivity index (χ1) is 8.45. The summed E-state index contributed by atoms with van der Waals surface area (Å²) in [5.74, 6) is 0. The predicted octanol–water partition coefficient (Wildman–Crippen LogP) is 4.70. The third kappa shape index (κ3) is 2.31. The summed E-state index contributed by atoms with van der Waals surface area (Å²) in [7, 11) is 0. The van der Waals surface area contributed by atoms with Crippen molar-refractivity contribution in [2.45, 2.75) is 57.8 Å². The first-order valence-corrected chi connectivity index (χ1v) is 7.25. The lowest BCUT2D eigenvalue weighted by atomic mass is 9.89. The number of hydrogen-bond acceptors (Lipinski definition) is 0. The molecule has 0 bridgehead atoms. The summed E-state index contributed by atoms with van der Waals surface area (Å²) >= 11 is 0. The molecule has 0 nitrogen and oxygen atoms in total. The van der Waals surface area contributed by atoms with Crippen LogP contribution in [0.2, 0.25) is 0 Å². The average Bonchev–Trinajstić information content (AvgIpc) is 2.83. The van der Waals surface area contributed by atoms with Crippen molar-refractivity contribution in [3.05, 3.63) is 40.5 Å². The van der Waals surface area contributed by atoms with Gasteiger partial charge in [-0.2, -0.15) is 0 Å². The highest BCUT2D eigenvalue weighted by atomic mass is 14.2. The van der Waals surface area contributed by atoms with E-state index >= 15 is 0 Å². The fourth-order valence-corrected chi connectivity index (χ4v) is 3.30. The Hall–Kier alpha value is -1.04. The van der Waals surface area contributed by atoms with Gasteiger partial charge in [-0.1, -0.05) is 50.0 Å². The van der Waals surface area contributed by atoms with Crippen LogP contribution in [0.3, 0.4) is 0 Å². The maximum absolute atomic E-state index is 2.41.